The first kappa shape index (κ1) is 14.9. The van der Waals surface area contributed by atoms with Crippen LogP contribution in [0.4, 0.5) is 0 Å². The van der Waals surface area contributed by atoms with E-state index in [1.54, 1.807) is 0 Å². The number of ether oxygens (including phenoxy) is 1. The highest BCUT2D eigenvalue weighted by Gasteiger charge is 2.26. The van der Waals surface area contributed by atoms with E-state index in [2.05, 4.69) is 31.0 Å². The third-order valence-corrected chi connectivity index (χ3v) is 3.78. The molecule has 0 saturated carbocycles. The van der Waals surface area contributed by atoms with Crippen LogP contribution in [0.25, 0.3) is 0 Å². The lowest BCUT2D eigenvalue weighted by atomic mass is 9.90. The fraction of sp³-hybridized carbons (Fsp3) is 1.00. The molecule has 1 aliphatic heterocycles. The van der Waals surface area contributed by atoms with Crippen LogP contribution in [0.5, 0.6) is 0 Å². The van der Waals surface area contributed by atoms with Crippen molar-refractivity contribution in [1.82, 2.24) is 10.2 Å². The molecule has 3 heteroatoms. The molecule has 0 bridgehead atoms. The lowest BCUT2D eigenvalue weighted by molar-refractivity contribution is 0.104. The van der Waals surface area contributed by atoms with Gasteiger partial charge in [-0.15, -0.1) is 0 Å². The first-order chi connectivity index (χ1) is 8.31. The summed E-state index contributed by atoms with van der Waals surface area (Å²) in [7, 11) is 0. The number of nitrogens with one attached hydrogen (secondary N) is 1. The minimum atomic E-state index is 0.744. The normalized spacial score (nSPS) is 26.3. The van der Waals surface area contributed by atoms with Crippen LogP contribution in [0, 0.1) is 5.92 Å². The van der Waals surface area contributed by atoms with Gasteiger partial charge in [0.25, 0.3) is 0 Å². The molecule has 0 amide bonds. The molecular formula is C14H30N2O. The van der Waals surface area contributed by atoms with Crippen molar-refractivity contribution >= 4 is 0 Å². The smallest absolute Gasteiger partial charge is 0.0478 e. The Hall–Kier alpha value is -0.120. The van der Waals surface area contributed by atoms with Crippen molar-refractivity contribution in [3.05, 3.63) is 0 Å². The Bertz CT molecular complexity index is 185. The standard InChI is InChI=1S/C14H30N2O/c1-4-13-12-16(9-7-11-17-6-3)10-8-14(13)15-5-2/h13-15H,4-12H2,1-3H3. The first-order valence-corrected chi connectivity index (χ1v) is 7.35. The molecule has 0 aromatic carbocycles. The summed E-state index contributed by atoms with van der Waals surface area (Å²) in [6, 6.07) is 0.744. The van der Waals surface area contributed by atoms with Crippen LogP contribution < -0.4 is 5.32 Å². The van der Waals surface area contributed by atoms with Gasteiger partial charge in [0.15, 0.2) is 0 Å². The maximum atomic E-state index is 5.40. The third kappa shape index (κ3) is 5.36. The number of rotatable bonds is 8. The molecule has 0 radical (unpaired) electrons. The predicted octanol–water partition coefficient (Wildman–Crippen LogP) is 2.12. The van der Waals surface area contributed by atoms with Gasteiger partial charge in [-0.3, -0.25) is 0 Å². The molecular weight excluding hydrogens is 212 g/mol. The summed E-state index contributed by atoms with van der Waals surface area (Å²) < 4.78 is 5.40. The fourth-order valence-electron chi connectivity index (χ4n) is 2.79. The lowest BCUT2D eigenvalue weighted by Gasteiger charge is -2.38. The zero-order valence-electron chi connectivity index (χ0n) is 11.9. The Kier molecular flexibility index (Phi) is 7.82. The van der Waals surface area contributed by atoms with Crippen LogP contribution in [-0.2, 0) is 4.74 Å². The summed E-state index contributed by atoms with van der Waals surface area (Å²) in [5.41, 5.74) is 0. The molecule has 1 heterocycles. The van der Waals surface area contributed by atoms with Crippen molar-refractivity contribution in [3.8, 4) is 0 Å². The van der Waals surface area contributed by atoms with Gasteiger partial charge in [-0.2, -0.15) is 0 Å². The Labute approximate surface area is 107 Å². The summed E-state index contributed by atoms with van der Waals surface area (Å²) in [6.07, 6.45) is 3.77. The predicted molar refractivity (Wildman–Crippen MR) is 73.4 cm³/mol. The second-order valence-electron chi connectivity index (χ2n) is 4.97. The molecule has 1 aliphatic rings. The maximum Gasteiger partial charge on any atom is 0.0478 e. The number of piperidine rings is 1. The second kappa shape index (κ2) is 8.90. The molecule has 0 aromatic rings. The molecule has 1 saturated heterocycles. The SMILES string of the molecule is CCNC1CCN(CCCOCC)CC1CC. The van der Waals surface area contributed by atoms with Crippen molar-refractivity contribution in [3.63, 3.8) is 0 Å². The van der Waals surface area contributed by atoms with Crippen LogP contribution in [0.15, 0.2) is 0 Å². The number of hydrogen-bond acceptors (Lipinski definition) is 3. The largest absolute Gasteiger partial charge is 0.382 e. The quantitative estimate of drug-likeness (QED) is 0.660. The summed E-state index contributed by atoms with van der Waals surface area (Å²) >= 11 is 0. The van der Waals surface area contributed by atoms with Gasteiger partial charge >= 0.3 is 0 Å². The van der Waals surface area contributed by atoms with Gasteiger partial charge in [0.2, 0.25) is 0 Å². The minimum Gasteiger partial charge on any atom is -0.382 e. The van der Waals surface area contributed by atoms with Crippen molar-refractivity contribution in [2.24, 2.45) is 5.92 Å². The van der Waals surface area contributed by atoms with E-state index in [-0.39, 0.29) is 0 Å². The molecule has 1 N–H and O–H groups in total. The second-order valence-corrected chi connectivity index (χ2v) is 4.97. The van der Waals surface area contributed by atoms with Crippen molar-refractivity contribution in [2.75, 3.05) is 39.4 Å². The van der Waals surface area contributed by atoms with E-state index in [4.69, 9.17) is 4.74 Å². The highest BCUT2D eigenvalue weighted by molar-refractivity contribution is 4.84. The van der Waals surface area contributed by atoms with E-state index in [9.17, 15) is 0 Å². The van der Waals surface area contributed by atoms with Gasteiger partial charge in [0, 0.05) is 32.3 Å². The molecule has 17 heavy (non-hydrogen) atoms. The number of likely N-dealkylation sites (tertiary alicyclic amines) is 1. The van der Waals surface area contributed by atoms with Crippen molar-refractivity contribution in [2.45, 2.75) is 46.1 Å². The van der Waals surface area contributed by atoms with Gasteiger partial charge in [0.1, 0.15) is 0 Å². The maximum absolute atomic E-state index is 5.40. The van der Waals surface area contributed by atoms with Crippen LogP contribution in [0.2, 0.25) is 0 Å². The lowest BCUT2D eigenvalue weighted by Crippen LogP contribution is -2.49. The molecule has 0 aliphatic carbocycles. The molecule has 2 unspecified atom stereocenters. The zero-order chi connectivity index (χ0) is 12.5. The van der Waals surface area contributed by atoms with Crippen LogP contribution in [-0.4, -0.2) is 50.3 Å². The number of nitrogens with zero attached hydrogens (tertiary/aromatic N) is 1. The van der Waals surface area contributed by atoms with Gasteiger partial charge in [-0.1, -0.05) is 20.3 Å². The average Bonchev–Trinajstić information content (AvgIpc) is 2.36. The Balaban J connectivity index is 2.22. The van der Waals surface area contributed by atoms with Crippen LogP contribution in [0.3, 0.4) is 0 Å². The van der Waals surface area contributed by atoms with E-state index >= 15 is 0 Å². The molecule has 2 atom stereocenters. The zero-order valence-corrected chi connectivity index (χ0v) is 11.9. The summed E-state index contributed by atoms with van der Waals surface area (Å²) in [5.74, 6) is 0.829. The van der Waals surface area contributed by atoms with E-state index in [1.165, 1.54) is 38.9 Å². The van der Waals surface area contributed by atoms with Crippen molar-refractivity contribution in [1.29, 1.82) is 0 Å². The van der Waals surface area contributed by atoms with E-state index < -0.39 is 0 Å². The fourth-order valence-corrected chi connectivity index (χ4v) is 2.79. The van der Waals surface area contributed by atoms with Gasteiger partial charge in [0.05, 0.1) is 0 Å². The summed E-state index contributed by atoms with van der Waals surface area (Å²) in [6.45, 7) is 13.2. The van der Waals surface area contributed by atoms with Crippen molar-refractivity contribution < 1.29 is 4.74 Å². The summed E-state index contributed by atoms with van der Waals surface area (Å²) in [4.78, 5) is 2.61. The van der Waals surface area contributed by atoms with E-state index in [0.29, 0.717) is 0 Å². The Morgan fingerprint density at radius 1 is 1.29 bits per heavy atom. The molecule has 0 spiro atoms. The van der Waals surface area contributed by atoms with E-state index in [1.807, 2.05) is 0 Å². The highest BCUT2D eigenvalue weighted by Crippen LogP contribution is 2.20. The Morgan fingerprint density at radius 2 is 2.12 bits per heavy atom. The van der Waals surface area contributed by atoms with Gasteiger partial charge < -0.3 is 15.0 Å². The minimum absolute atomic E-state index is 0.744. The topological polar surface area (TPSA) is 24.5 Å². The van der Waals surface area contributed by atoms with Crippen LogP contribution in [0.1, 0.15) is 40.0 Å². The highest BCUT2D eigenvalue weighted by atomic mass is 16.5. The third-order valence-electron chi connectivity index (χ3n) is 3.78. The summed E-state index contributed by atoms with van der Waals surface area (Å²) in [5, 5.41) is 3.63. The monoisotopic (exact) mass is 242 g/mol. The molecule has 102 valence electrons. The van der Waals surface area contributed by atoms with E-state index in [0.717, 1.165) is 31.7 Å². The number of hydrogen-bond donors (Lipinski definition) is 1. The molecule has 1 rings (SSSR count). The molecule has 1 fully saturated rings. The van der Waals surface area contributed by atoms with Crippen LogP contribution >= 0.6 is 0 Å². The molecule has 0 aromatic heterocycles. The van der Waals surface area contributed by atoms with Gasteiger partial charge in [-0.25, -0.2) is 0 Å². The first-order valence-electron chi connectivity index (χ1n) is 7.35. The Morgan fingerprint density at radius 3 is 2.76 bits per heavy atom. The average molecular weight is 242 g/mol. The molecule has 3 nitrogen and oxygen atoms in total. The van der Waals surface area contributed by atoms with Gasteiger partial charge in [-0.05, 0) is 38.8 Å².